The Bertz CT molecular complexity index is 750. The second kappa shape index (κ2) is 6.64. The minimum atomic E-state index is -1.00. The SMILES string of the molecule is Cc1cc(C)n(C(C)CC(=O)Nc2ccc(C)c(C(=O)O)c2)n1. The van der Waals surface area contributed by atoms with Crippen molar-refractivity contribution in [1.29, 1.82) is 0 Å². The predicted molar refractivity (Wildman–Crippen MR) is 87.8 cm³/mol. The predicted octanol–water partition coefficient (Wildman–Crippen LogP) is 3.10. The molecule has 0 saturated heterocycles. The number of rotatable bonds is 5. The molecule has 0 radical (unpaired) electrons. The Balaban J connectivity index is 2.06. The molecule has 1 heterocycles. The molecule has 1 unspecified atom stereocenters. The van der Waals surface area contributed by atoms with Crippen LogP contribution in [0.3, 0.4) is 0 Å². The lowest BCUT2D eigenvalue weighted by Crippen LogP contribution is -2.19. The first kappa shape index (κ1) is 16.7. The average Bonchev–Trinajstić information content (AvgIpc) is 2.79. The van der Waals surface area contributed by atoms with Crippen LogP contribution >= 0.6 is 0 Å². The summed E-state index contributed by atoms with van der Waals surface area (Å²) in [5.74, 6) is -1.18. The van der Waals surface area contributed by atoms with Crippen LogP contribution in [0.15, 0.2) is 24.3 Å². The molecule has 6 nitrogen and oxygen atoms in total. The van der Waals surface area contributed by atoms with Crippen molar-refractivity contribution >= 4 is 17.6 Å². The molecule has 0 bridgehead atoms. The van der Waals surface area contributed by atoms with Gasteiger partial charge in [0.1, 0.15) is 0 Å². The molecule has 0 aliphatic heterocycles. The van der Waals surface area contributed by atoms with Gasteiger partial charge in [-0.2, -0.15) is 5.10 Å². The van der Waals surface area contributed by atoms with Gasteiger partial charge in [0.15, 0.2) is 0 Å². The molecule has 0 spiro atoms. The zero-order valence-corrected chi connectivity index (χ0v) is 13.8. The molecule has 2 N–H and O–H groups in total. The first-order chi connectivity index (χ1) is 10.8. The molecule has 0 aliphatic carbocycles. The van der Waals surface area contributed by atoms with E-state index in [-0.39, 0.29) is 23.9 Å². The van der Waals surface area contributed by atoms with Crippen molar-refractivity contribution in [2.45, 2.75) is 40.2 Å². The summed E-state index contributed by atoms with van der Waals surface area (Å²) in [6.45, 7) is 7.51. The van der Waals surface area contributed by atoms with Gasteiger partial charge in [0.2, 0.25) is 5.91 Å². The fraction of sp³-hybridized carbons (Fsp3) is 0.353. The van der Waals surface area contributed by atoms with Crippen LogP contribution in [0, 0.1) is 20.8 Å². The highest BCUT2D eigenvalue weighted by Gasteiger charge is 2.15. The maximum Gasteiger partial charge on any atom is 0.336 e. The van der Waals surface area contributed by atoms with E-state index in [1.165, 1.54) is 6.07 Å². The van der Waals surface area contributed by atoms with E-state index >= 15 is 0 Å². The highest BCUT2D eigenvalue weighted by atomic mass is 16.4. The molecule has 1 atom stereocenters. The molecule has 23 heavy (non-hydrogen) atoms. The molecule has 2 rings (SSSR count). The Morgan fingerprint density at radius 2 is 1.96 bits per heavy atom. The zero-order chi connectivity index (χ0) is 17.1. The fourth-order valence-electron chi connectivity index (χ4n) is 2.59. The lowest BCUT2D eigenvalue weighted by Gasteiger charge is -2.14. The molecule has 1 aromatic carbocycles. The summed E-state index contributed by atoms with van der Waals surface area (Å²) in [4.78, 5) is 23.3. The van der Waals surface area contributed by atoms with E-state index in [0.29, 0.717) is 11.3 Å². The summed E-state index contributed by atoms with van der Waals surface area (Å²) in [5, 5.41) is 16.3. The second-order valence-corrected chi connectivity index (χ2v) is 5.81. The second-order valence-electron chi connectivity index (χ2n) is 5.81. The zero-order valence-electron chi connectivity index (χ0n) is 13.8. The summed E-state index contributed by atoms with van der Waals surface area (Å²) in [5.41, 5.74) is 3.25. The van der Waals surface area contributed by atoms with Gasteiger partial charge in [-0.05, 0) is 51.5 Å². The van der Waals surface area contributed by atoms with Gasteiger partial charge in [0.05, 0.1) is 17.3 Å². The van der Waals surface area contributed by atoms with Gasteiger partial charge in [-0.1, -0.05) is 6.07 Å². The smallest absolute Gasteiger partial charge is 0.336 e. The number of hydrogen-bond donors (Lipinski definition) is 2. The maximum absolute atomic E-state index is 12.2. The maximum atomic E-state index is 12.2. The highest BCUT2D eigenvalue weighted by molar-refractivity contribution is 5.94. The monoisotopic (exact) mass is 315 g/mol. The molecular formula is C17H21N3O3. The molecule has 122 valence electrons. The van der Waals surface area contributed by atoms with Gasteiger partial charge in [0.25, 0.3) is 0 Å². The Morgan fingerprint density at radius 3 is 2.52 bits per heavy atom. The number of carbonyl (C=O) groups excluding carboxylic acids is 1. The highest BCUT2D eigenvalue weighted by Crippen LogP contribution is 2.18. The molecule has 0 fully saturated rings. The van der Waals surface area contributed by atoms with Crippen molar-refractivity contribution in [1.82, 2.24) is 9.78 Å². The van der Waals surface area contributed by atoms with Gasteiger partial charge in [0, 0.05) is 17.8 Å². The van der Waals surface area contributed by atoms with Crippen LogP contribution in [0.4, 0.5) is 5.69 Å². The number of amides is 1. The number of aromatic nitrogens is 2. The summed E-state index contributed by atoms with van der Waals surface area (Å²) in [6, 6.07) is 6.75. The van der Waals surface area contributed by atoms with Crippen LogP contribution in [0.1, 0.15) is 46.7 Å². The number of nitrogens with zero attached hydrogens (tertiary/aromatic N) is 2. The van der Waals surface area contributed by atoms with Crippen LogP contribution in [0.5, 0.6) is 0 Å². The number of carbonyl (C=O) groups is 2. The van der Waals surface area contributed by atoms with E-state index in [0.717, 1.165) is 11.4 Å². The third kappa shape index (κ3) is 3.97. The lowest BCUT2D eigenvalue weighted by molar-refractivity contribution is -0.116. The topological polar surface area (TPSA) is 84.2 Å². The molecule has 2 aromatic rings. The van der Waals surface area contributed by atoms with Crippen molar-refractivity contribution in [3.63, 3.8) is 0 Å². The number of benzene rings is 1. The van der Waals surface area contributed by atoms with Crippen molar-refractivity contribution in [2.75, 3.05) is 5.32 Å². The number of nitrogens with one attached hydrogen (secondary N) is 1. The number of carboxylic acid groups (broad SMARTS) is 1. The van der Waals surface area contributed by atoms with E-state index in [4.69, 9.17) is 5.11 Å². The van der Waals surface area contributed by atoms with Gasteiger partial charge >= 0.3 is 5.97 Å². The molecule has 1 amide bonds. The molecule has 0 saturated carbocycles. The average molecular weight is 315 g/mol. The van der Waals surface area contributed by atoms with Crippen LogP contribution in [-0.2, 0) is 4.79 Å². The third-order valence-corrected chi connectivity index (χ3v) is 3.69. The van der Waals surface area contributed by atoms with E-state index < -0.39 is 5.97 Å². The first-order valence-electron chi connectivity index (χ1n) is 7.44. The van der Waals surface area contributed by atoms with Crippen molar-refractivity contribution in [3.05, 3.63) is 46.8 Å². The van der Waals surface area contributed by atoms with E-state index in [9.17, 15) is 9.59 Å². The Kier molecular flexibility index (Phi) is 4.83. The normalized spacial score (nSPS) is 12.0. The summed E-state index contributed by atoms with van der Waals surface area (Å²) in [7, 11) is 0. The van der Waals surface area contributed by atoms with Crippen LogP contribution in [0.2, 0.25) is 0 Å². The molecule has 0 aliphatic rings. The minimum Gasteiger partial charge on any atom is -0.478 e. The van der Waals surface area contributed by atoms with Gasteiger partial charge in [-0.3, -0.25) is 9.48 Å². The first-order valence-corrected chi connectivity index (χ1v) is 7.44. The Labute approximate surface area is 135 Å². The summed E-state index contributed by atoms with van der Waals surface area (Å²) >= 11 is 0. The largest absolute Gasteiger partial charge is 0.478 e. The van der Waals surface area contributed by atoms with Crippen LogP contribution in [0.25, 0.3) is 0 Å². The number of carboxylic acids is 1. The van der Waals surface area contributed by atoms with E-state index in [2.05, 4.69) is 10.4 Å². The van der Waals surface area contributed by atoms with Gasteiger partial charge < -0.3 is 10.4 Å². The van der Waals surface area contributed by atoms with Crippen molar-refractivity contribution < 1.29 is 14.7 Å². The summed E-state index contributed by atoms with van der Waals surface area (Å²) < 4.78 is 1.83. The molecule has 1 aromatic heterocycles. The lowest BCUT2D eigenvalue weighted by atomic mass is 10.1. The number of hydrogen-bond acceptors (Lipinski definition) is 3. The summed E-state index contributed by atoms with van der Waals surface area (Å²) in [6.07, 6.45) is 0.262. The third-order valence-electron chi connectivity index (χ3n) is 3.69. The van der Waals surface area contributed by atoms with Crippen molar-refractivity contribution in [2.24, 2.45) is 0 Å². The minimum absolute atomic E-state index is 0.0758. The quantitative estimate of drug-likeness (QED) is 0.888. The van der Waals surface area contributed by atoms with Crippen LogP contribution < -0.4 is 5.32 Å². The van der Waals surface area contributed by atoms with Crippen LogP contribution in [-0.4, -0.2) is 26.8 Å². The molecule has 6 heteroatoms. The Morgan fingerprint density at radius 1 is 1.26 bits per heavy atom. The van der Waals surface area contributed by atoms with E-state index in [1.807, 2.05) is 31.5 Å². The number of aryl methyl sites for hydroxylation is 3. The van der Waals surface area contributed by atoms with Gasteiger partial charge in [-0.25, -0.2) is 4.79 Å². The van der Waals surface area contributed by atoms with Gasteiger partial charge in [-0.15, -0.1) is 0 Å². The number of aromatic carboxylic acids is 1. The standard InChI is InChI=1S/C17H21N3O3/c1-10-5-6-14(9-15(10)17(22)23)18-16(21)8-13(4)20-12(3)7-11(2)19-20/h5-7,9,13H,8H2,1-4H3,(H,18,21)(H,22,23). The fourth-order valence-corrected chi connectivity index (χ4v) is 2.59. The van der Waals surface area contributed by atoms with E-state index in [1.54, 1.807) is 19.1 Å². The molecular weight excluding hydrogens is 294 g/mol. The Hall–Kier alpha value is -2.63. The number of anilines is 1. The van der Waals surface area contributed by atoms with Crippen molar-refractivity contribution in [3.8, 4) is 0 Å².